The number of hydrogen-bond acceptors (Lipinski definition) is 4. The molecule has 0 aliphatic carbocycles. The van der Waals surface area contributed by atoms with Gasteiger partial charge in [-0.05, 0) is 43.2 Å². The van der Waals surface area contributed by atoms with Crippen LogP contribution in [0.5, 0.6) is 5.75 Å². The highest BCUT2D eigenvalue weighted by Gasteiger charge is 2.18. The second kappa shape index (κ2) is 5.51. The number of aliphatic hydroxyl groups excluding tert-OH is 1. The summed E-state index contributed by atoms with van der Waals surface area (Å²) in [5.74, 6) is 1.76. The number of benzene rings is 1. The predicted octanol–water partition coefficient (Wildman–Crippen LogP) is 2.80. The normalized spacial score (nSPS) is 14.4. The molecule has 0 amide bonds. The number of para-hydroxylation sites is 2. The standard InChI is InChI=1S/C16H18N2O2/c1-12-9-13(11-19)10-16(17-12)18-7-4-8-20-15-6-3-2-5-14(15)18/h2-3,5-6,9-10,19H,4,7-8,11H2,1H3. The largest absolute Gasteiger partial charge is 0.491 e. The van der Waals surface area contributed by atoms with Crippen LogP contribution in [0.3, 0.4) is 0 Å². The highest BCUT2D eigenvalue weighted by atomic mass is 16.5. The van der Waals surface area contributed by atoms with Gasteiger partial charge < -0.3 is 14.7 Å². The average Bonchev–Trinajstić information content (AvgIpc) is 2.69. The quantitative estimate of drug-likeness (QED) is 0.911. The number of pyridine rings is 1. The van der Waals surface area contributed by atoms with Crippen LogP contribution in [-0.4, -0.2) is 23.2 Å². The van der Waals surface area contributed by atoms with E-state index in [4.69, 9.17) is 4.74 Å². The van der Waals surface area contributed by atoms with E-state index in [2.05, 4.69) is 9.88 Å². The lowest BCUT2D eigenvalue weighted by atomic mass is 10.2. The van der Waals surface area contributed by atoms with Crippen molar-refractivity contribution in [2.75, 3.05) is 18.1 Å². The molecule has 2 aromatic rings. The van der Waals surface area contributed by atoms with Gasteiger partial charge in [0.1, 0.15) is 11.6 Å². The third-order valence-corrected chi connectivity index (χ3v) is 3.40. The highest BCUT2D eigenvalue weighted by Crippen LogP contribution is 2.35. The molecule has 1 aromatic heterocycles. The minimum absolute atomic E-state index is 0.0301. The van der Waals surface area contributed by atoms with Crippen LogP contribution in [0.4, 0.5) is 11.5 Å². The second-order valence-corrected chi connectivity index (χ2v) is 4.95. The molecule has 2 heterocycles. The number of aryl methyl sites for hydroxylation is 1. The van der Waals surface area contributed by atoms with Crippen molar-refractivity contribution < 1.29 is 9.84 Å². The molecule has 104 valence electrons. The van der Waals surface area contributed by atoms with Gasteiger partial charge in [-0.25, -0.2) is 4.98 Å². The molecular weight excluding hydrogens is 252 g/mol. The van der Waals surface area contributed by atoms with Gasteiger partial charge in [-0.3, -0.25) is 0 Å². The van der Waals surface area contributed by atoms with Gasteiger partial charge in [0, 0.05) is 12.2 Å². The van der Waals surface area contributed by atoms with Crippen molar-refractivity contribution >= 4 is 11.5 Å². The SMILES string of the molecule is Cc1cc(CO)cc(N2CCCOc3ccccc32)n1. The molecule has 20 heavy (non-hydrogen) atoms. The summed E-state index contributed by atoms with van der Waals surface area (Å²) < 4.78 is 5.77. The van der Waals surface area contributed by atoms with E-state index in [-0.39, 0.29) is 6.61 Å². The first-order chi connectivity index (χ1) is 9.78. The molecule has 4 heteroatoms. The Morgan fingerprint density at radius 2 is 2.15 bits per heavy atom. The van der Waals surface area contributed by atoms with Gasteiger partial charge in [0.25, 0.3) is 0 Å². The van der Waals surface area contributed by atoms with Crippen LogP contribution in [0, 0.1) is 6.92 Å². The number of aliphatic hydroxyl groups is 1. The zero-order valence-electron chi connectivity index (χ0n) is 11.5. The predicted molar refractivity (Wildman–Crippen MR) is 78.5 cm³/mol. The van der Waals surface area contributed by atoms with Crippen LogP contribution >= 0.6 is 0 Å². The summed E-state index contributed by atoms with van der Waals surface area (Å²) in [6.07, 6.45) is 0.943. The Morgan fingerprint density at radius 3 is 3.00 bits per heavy atom. The third-order valence-electron chi connectivity index (χ3n) is 3.40. The van der Waals surface area contributed by atoms with E-state index in [9.17, 15) is 5.11 Å². The number of rotatable bonds is 2. The summed E-state index contributed by atoms with van der Waals surface area (Å²) in [5.41, 5.74) is 2.83. The topological polar surface area (TPSA) is 45.6 Å². The summed E-state index contributed by atoms with van der Waals surface area (Å²) in [6.45, 7) is 3.55. The minimum atomic E-state index is 0.0301. The Kier molecular flexibility index (Phi) is 3.56. The van der Waals surface area contributed by atoms with E-state index in [1.807, 2.05) is 43.3 Å². The third kappa shape index (κ3) is 2.47. The maximum absolute atomic E-state index is 9.36. The first kappa shape index (κ1) is 12.9. The number of hydrogen-bond donors (Lipinski definition) is 1. The van der Waals surface area contributed by atoms with E-state index in [0.29, 0.717) is 6.61 Å². The van der Waals surface area contributed by atoms with Gasteiger partial charge in [0.15, 0.2) is 0 Å². The highest BCUT2D eigenvalue weighted by molar-refractivity contribution is 5.68. The number of anilines is 2. The Labute approximate surface area is 118 Å². The molecule has 0 saturated heterocycles. The summed E-state index contributed by atoms with van der Waals surface area (Å²) >= 11 is 0. The lowest BCUT2D eigenvalue weighted by Gasteiger charge is -2.23. The zero-order valence-corrected chi connectivity index (χ0v) is 11.5. The molecule has 1 aliphatic heterocycles. The summed E-state index contributed by atoms with van der Waals surface area (Å²) in [6, 6.07) is 11.9. The molecule has 1 aromatic carbocycles. The van der Waals surface area contributed by atoms with Gasteiger partial charge in [-0.2, -0.15) is 0 Å². The zero-order chi connectivity index (χ0) is 13.9. The first-order valence-electron chi connectivity index (χ1n) is 6.86. The van der Waals surface area contributed by atoms with Crippen molar-refractivity contribution in [2.45, 2.75) is 20.0 Å². The van der Waals surface area contributed by atoms with Crippen LogP contribution in [-0.2, 0) is 6.61 Å². The minimum Gasteiger partial charge on any atom is -0.491 e. The van der Waals surface area contributed by atoms with Gasteiger partial charge in [-0.15, -0.1) is 0 Å². The van der Waals surface area contributed by atoms with Gasteiger partial charge in [-0.1, -0.05) is 12.1 Å². The lowest BCUT2D eigenvalue weighted by molar-refractivity contribution is 0.281. The number of nitrogens with zero attached hydrogens (tertiary/aromatic N) is 2. The maximum atomic E-state index is 9.36. The van der Waals surface area contributed by atoms with Gasteiger partial charge >= 0.3 is 0 Å². The number of ether oxygens (including phenoxy) is 1. The van der Waals surface area contributed by atoms with Gasteiger partial charge in [0.2, 0.25) is 0 Å². The number of fused-ring (bicyclic) bond motifs is 1. The van der Waals surface area contributed by atoms with E-state index in [1.54, 1.807) is 0 Å². The molecule has 1 N–H and O–H groups in total. The van der Waals surface area contributed by atoms with Crippen LogP contribution in [0.1, 0.15) is 17.7 Å². The summed E-state index contributed by atoms with van der Waals surface area (Å²) in [7, 11) is 0. The van der Waals surface area contributed by atoms with Crippen molar-refractivity contribution in [1.29, 1.82) is 0 Å². The molecule has 0 unspecified atom stereocenters. The molecular formula is C16H18N2O2. The molecule has 1 aliphatic rings. The Bertz CT molecular complexity index is 613. The van der Waals surface area contributed by atoms with E-state index in [0.717, 1.165) is 41.5 Å². The molecule has 0 radical (unpaired) electrons. The molecule has 0 spiro atoms. The molecule has 0 saturated carbocycles. The maximum Gasteiger partial charge on any atom is 0.142 e. The smallest absolute Gasteiger partial charge is 0.142 e. The van der Waals surface area contributed by atoms with Crippen LogP contribution in [0.2, 0.25) is 0 Å². The molecule has 0 fully saturated rings. The number of aromatic nitrogens is 1. The fourth-order valence-electron chi connectivity index (χ4n) is 2.52. The van der Waals surface area contributed by atoms with Crippen molar-refractivity contribution in [3.8, 4) is 5.75 Å². The Balaban J connectivity index is 2.07. The molecule has 0 bridgehead atoms. The lowest BCUT2D eigenvalue weighted by Crippen LogP contribution is -2.19. The van der Waals surface area contributed by atoms with E-state index >= 15 is 0 Å². The Hall–Kier alpha value is -2.07. The summed E-state index contributed by atoms with van der Waals surface area (Å²) in [5, 5.41) is 9.36. The first-order valence-corrected chi connectivity index (χ1v) is 6.86. The van der Waals surface area contributed by atoms with Crippen molar-refractivity contribution in [2.24, 2.45) is 0 Å². The van der Waals surface area contributed by atoms with E-state index < -0.39 is 0 Å². The fraction of sp³-hybridized carbons (Fsp3) is 0.312. The van der Waals surface area contributed by atoms with Crippen LogP contribution in [0.25, 0.3) is 0 Å². The van der Waals surface area contributed by atoms with Crippen LogP contribution < -0.4 is 9.64 Å². The molecule has 4 nitrogen and oxygen atoms in total. The van der Waals surface area contributed by atoms with Gasteiger partial charge in [0.05, 0.1) is 18.9 Å². The van der Waals surface area contributed by atoms with Crippen molar-refractivity contribution in [1.82, 2.24) is 4.98 Å². The second-order valence-electron chi connectivity index (χ2n) is 4.95. The average molecular weight is 270 g/mol. The van der Waals surface area contributed by atoms with E-state index in [1.165, 1.54) is 0 Å². The van der Waals surface area contributed by atoms with Crippen LogP contribution in [0.15, 0.2) is 36.4 Å². The van der Waals surface area contributed by atoms with Crippen molar-refractivity contribution in [3.63, 3.8) is 0 Å². The molecule has 3 rings (SSSR count). The molecule has 0 atom stereocenters. The monoisotopic (exact) mass is 270 g/mol. The fourth-order valence-corrected chi connectivity index (χ4v) is 2.52. The van der Waals surface area contributed by atoms with Crippen molar-refractivity contribution in [3.05, 3.63) is 47.7 Å². The summed E-state index contributed by atoms with van der Waals surface area (Å²) in [4.78, 5) is 6.77. The Morgan fingerprint density at radius 1 is 1.30 bits per heavy atom.